The lowest BCUT2D eigenvalue weighted by Crippen LogP contribution is -2.34. The van der Waals surface area contributed by atoms with E-state index in [1.165, 1.54) is 6.07 Å². The molecule has 2 aromatic heterocycles. The number of hydrogen-bond donors (Lipinski definition) is 2. The fourth-order valence-electron chi connectivity index (χ4n) is 3.17. The van der Waals surface area contributed by atoms with Crippen molar-refractivity contribution in [2.45, 2.75) is 31.2 Å². The molecule has 1 saturated carbocycles. The van der Waals surface area contributed by atoms with E-state index in [1.54, 1.807) is 0 Å². The van der Waals surface area contributed by atoms with Crippen molar-refractivity contribution in [3.8, 4) is 11.5 Å². The van der Waals surface area contributed by atoms with E-state index < -0.39 is 5.54 Å². The molecule has 0 bridgehead atoms. The summed E-state index contributed by atoms with van der Waals surface area (Å²) in [5.41, 5.74) is 6.99. The van der Waals surface area contributed by atoms with Gasteiger partial charge < -0.3 is 15.2 Å². The molecule has 0 radical (unpaired) electrons. The Balaban J connectivity index is 0.00000169. The molecule has 0 aliphatic heterocycles. The Morgan fingerprint density at radius 3 is 2.75 bits per heavy atom. The second-order valence-electron chi connectivity index (χ2n) is 6.02. The second kappa shape index (κ2) is 6.31. The van der Waals surface area contributed by atoms with Crippen LogP contribution in [0.2, 0.25) is 0 Å². The maximum atomic E-state index is 11.9. The number of nitrogens with one attached hydrogen (secondary N) is 1. The highest BCUT2D eigenvalue weighted by molar-refractivity contribution is 9.10. The van der Waals surface area contributed by atoms with Crippen LogP contribution in [0, 0.1) is 0 Å². The van der Waals surface area contributed by atoms with Crippen molar-refractivity contribution in [3.63, 3.8) is 0 Å². The van der Waals surface area contributed by atoms with Crippen molar-refractivity contribution in [1.29, 1.82) is 0 Å². The summed E-state index contributed by atoms with van der Waals surface area (Å²) in [6.07, 6.45) is 3.85. The van der Waals surface area contributed by atoms with E-state index in [-0.39, 0.29) is 18.0 Å². The fraction of sp³-hybridized carbons (Fsp3) is 0.312. The maximum absolute atomic E-state index is 11.9. The third kappa shape index (κ3) is 2.87. The molecule has 1 aromatic carbocycles. The lowest BCUT2D eigenvalue weighted by molar-refractivity contribution is 0.373. The predicted molar refractivity (Wildman–Crippen MR) is 97.1 cm³/mol. The molecule has 126 valence electrons. The molecule has 1 aliphatic rings. The average Bonchev–Trinajstić information content (AvgIpc) is 3.17. The minimum atomic E-state index is -0.515. The topological polar surface area (TPSA) is 97.8 Å². The Kier molecular flexibility index (Phi) is 4.50. The molecule has 8 heteroatoms. The van der Waals surface area contributed by atoms with Crippen LogP contribution in [0.3, 0.4) is 0 Å². The number of aromatic amines is 1. The highest BCUT2D eigenvalue weighted by Gasteiger charge is 2.36. The molecule has 0 atom stereocenters. The van der Waals surface area contributed by atoms with Gasteiger partial charge in [0.25, 0.3) is 5.89 Å². The second-order valence-corrected chi connectivity index (χ2v) is 6.94. The molecule has 0 unspecified atom stereocenters. The van der Waals surface area contributed by atoms with E-state index in [4.69, 9.17) is 10.3 Å². The summed E-state index contributed by atoms with van der Waals surface area (Å²) in [5.74, 6) is 0.847. The molecule has 1 fully saturated rings. The molecule has 1 aliphatic carbocycles. The molecule has 3 N–H and O–H groups in total. The molecule has 6 nitrogen and oxygen atoms in total. The Morgan fingerprint density at radius 2 is 2.00 bits per heavy atom. The van der Waals surface area contributed by atoms with Crippen LogP contribution >= 0.6 is 28.3 Å². The van der Waals surface area contributed by atoms with Gasteiger partial charge >= 0.3 is 0 Å². The number of nitrogens with zero attached hydrogens (tertiary/aromatic N) is 2. The van der Waals surface area contributed by atoms with Crippen molar-refractivity contribution < 1.29 is 4.52 Å². The van der Waals surface area contributed by atoms with E-state index in [2.05, 4.69) is 31.1 Å². The first-order valence-corrected chi connectivity index (χ1v) is 8.30. The fourth-order valence-corrected chi connectivity index (χ4v) is 3.53. The summed E-state index contributed by atoms with van der Waals surface area (Å²) in [5, 5.41) is 4.91. The van der Waals surface area contributed by atoms with Gasteiger partial charge in [-0.25, -0.2) is 0 Å². The summed E-state index contributed by atoms with van der Waals surface area (Å²) in [4.78, 5) is 19.2. The first-order valence-electron chi connectivity index (χ1n) is 7.51. The van der Waals surface area contributed by atoms with Gasteiger partial charge in [0.1, 0.15) is 0 Å². The molecule has 4 rings (SSSR count). The molecule has 0 saturated heterocycles. The predicted octanol–water partition coefficient (Wildman–Crippen LogP) is 3.49. The van der Waals surface area contributed by atoms with Gasteiger partial charge in [-0.15, -0.1) is 12.4 Å². The summed E-state index contributed by atoms with van der Waals surface area (Å²) >= 11 is 3.45. The minimum Gasteiger partial charge on any atom is -0.334 e. The van der Waals surface area contributed by atoms with Crippen molar-refractivity contribution >= 4 is 39.2 Å². The lowest BCUT2D eigenvalue weighted by Gasteiger charge is -2.17. The van der Waals surface area contributed by atoms with E-state index in [1.807, 2.05) is 18.2 Å². The Bertz CT molecular complexity index is 947. The SMILES string of the molecule is Cl.NC1(c2noc(-c3cc(=O)[nH]c4ccc(Br)cc34)n2)CCCC1. The molecule has 24 heavy (non-hydrogen) atoms. The van der Waals surface area contributed by atoms with Crippen LogP contribution < -0.4 is 11.3 Å². The van der Waals surface area contributed by atoms with Crippen molar-refractivity contribution in [3.05, 3.63) is 44.9 Å². The Morgan fingerprint density at radius 1 is 1.25 bits per heavy atom. The molecule has 2 heterocycles. The highest BCUT2D eigenvalue weighted by atomic mass is 79.9. The Hall–Kier alpha value is -1.70. The largest absolute Gasteiger partial charge is 0.334 e. The van der Waals surface area contributed by atoms with E-state index in [0.29, 0.717) is 17.3 Å². The zero-order chi connectivity index (χ0) is 16.0. The zero-order valence-corrected chi connectivity index (χ0v) is 15.1. The maximum Gasteiger partial charge on any atom is 0.258 e. The van der Waals surface area contributed by atoms with Gasteiger partial charge in [0.05, 0.1) is 11.1 Å². The summed E-state index contributed by atoms with van der Waals surface area (Å²) in [7, 11) is 0. The Labute approximate surface area is 152 Å². The van der Waals surface area contributed by atoms with E-state index >= 15 is 0 Å². The third-order valence-corrected chi connectivity index (χ3v) is 4.90. The van der Waals surface area contributed by atoms with Crippen LogP contribution in [0.4, 0.5) is 0 Å². The molecular formula is C16H16BrClN4O2. The quantitative estimate of drug-likeness (QED) is 0.672. The first-order chi connectivity index (χ1) is 11.0. The van der Waals surface area contributed by atoms with Gasteiger partial charge in [0.15, 0.2) is 5.82 Å². The third-order valence-electron chi connectivity index (χ3n) is 4.40. The minimum absolute atomic E-state index is 0. The van der Waals surface area contributed by atoms with Crippen molar-refractivity contribution in [2.75, 3.05) is 0 Å². The van der Waals surface area contributed by atoms with Gasteiger partial charge in [0.2, 0.25) is 5.56 Å². The smallest absolute Gasteiger partial charge is 0.258 e. The number of rotatable bonds is 2. The van der Waals surface area contributed by atoms with Crippen LogP contribution in [0.15, 0.2) is 38.1 Å². The van der Waals surface area contributed by atoms with Gasteiger partial charge in [0, 0.05) is 21.4 Å². The van der Waals surface area contributed by atoms with Gasteiger partial charge in [-0.3, -0.25) is 4.79 Å². The van der Waals surface area contributed by atoms with Gasteiger partial charge in [-0.2, -0.15) is 4.98 Å². The van der Waals surface area contributed by atoms with Gasteiger partial charge in [-0.1, -0.05) is 33.9 Å². The summed E-state index contributed by atoms with van der Waals surface area (Å²) in [6.45, 7) is 0. The normalized spacial score (nSPS) is 16.2. The number of benzene rings is 1. The average molecular weight is 412 g/mol. The monoisotopic (exact) mass is 410 g/mol. The van der Waals surface area contributed by atoms with Crippen LogP contribution in [-0.2, 0) is 5.54 Å². The number of pyridine rings is 1. The molecule has 0 spiro atoms. The zero-order valence-electron chi connectivity index (χ0n) is 12.7. The van der Waals surface area contributed by atoms with Crippen LogP contribution in [-0.4, -0.2) is 15.1 Å². The van der Waals surface area contributed by atoms with Crippen LogP contribution in [0.25, 0.3) is 22.4 Å². The standard InChI is InChI=1S/C16H15BrN4O2.ClH/c17-9-3-4-12-10(7-9)11(8-13(22)19-12)14-20-15(21-23-14)16(18)5-1-2-6-16;/h3-4,7-8H,1-2,5-6,18H2,(H,19,22);1H. The summed E-state index contributed by atoms with van der Waals surface area (Å²) < 4.78 is 6.33. The first kappa shape index (κ1) is 17.1. The summed E-state index contributed by atoms with van der Waals surface area (Å²) in [6, 6.07) is 7.10. The molecule has 3 aromatic rings. The number of halogens is 2. The van der Waals surface area contributed by atoms with Crippen LogP contribution in [0.1, 0.15) is 31.5 Å². The number of nitrogens with two attached hydrogens (primary N) is 1. The molecular weight excluding hydrogens is 396 g/mol. The van der Waals surface area contributed by atoms with Gasteiger partial charge in [-0.05, 0) is 31.0 Å². The van der Waals surface area contributed by atoms with Crippen molar-refractivity contribution in [2.24, 2.45) is 5.73 Å². The van der Waals surface area contributed by atoms with Crippen molar-refractivity contribution in [1.82, 2.24) is 15.1 Å². The number of hydrogen-bond acceptors (Lipinski definition) is 5. The highest BCUT2D eigenvalue weighted by Crippen LogP contribution is 2.36. The lowest BCUT2D eigenvalue weighted by atomic mass is 9.98. The molecule has 0 amide bonds. The number of aromatic nitrogens is 3. The van der Waals surface area contributed by atoms with E-state index in [0.717, 1.165) is 41.1 Å². The number of fused-ring (bicyclic) bond motifs is 1. The van der Waals surface area contributed by atoms with E-state index in [9.17, 15) is 4.79 Å². The number of H-pyrrole nitrogens is 1. The van der Waals surface area contributed by atoms with Crippen LogP contribution in [0.5, 0.6) is 0 Å².